The third-order valence-corrected chi connectivity index (χ3v) is 2.06. The molecule has 0 spiro atoms. The van der Waals surface area contributed by atoms with E-state index in [4.69, 9.17) is 16.3 Å². The van der Waals surface area contributed by atoms with Crippen LogP contribution in [0.1, 0.15) is 1.43 Å². The fourth-order valence-electron chi connectivity index (χ4n) is 1.28. The Labute approximate surface area is 82.6 Å². The topological polar surface area (TPSA) is 22.1 Å². The number of rotatable bonds is 1. The maximum atomic E-state index is 5.81. The molecule has 0 radical (unpaired) electrons. The molecule has 2 nitrogen and oxygen atoms in total. The van der Waals surface area contributed by atoms with Crippen LogP contribution in [0.15, 0.2) is 30.3 Å². The highest BCUT2D eigenvalue weighted by Gasteiger charge is 2.02. The summed E-state index contributed by atoms with van der Waals surface area (Å²) < 4.78 is 5.18. The van der Waals surface area contributed by atoms with Crippen molar-refractivity contribution in [3.63, 3.8) is 0 Å². The second kappa shape index (κ2) is 3.23. The predicted molar refractivity (Wildman–Crippen MR) is 54.4 cm³/mol. The van der Waals surface area contributed by atoms with Crippen molar-refractivity contribution in [3.05, 3.63) is 35.5 Å². The van der Waals surface area contributed by atoms with Crippen molar-refractivity contribution in [2.75, 3.05) is 7.11 Å². The lowest BCUT2D eigenvalue weighted by atomic mass is 10.2. The molecule has 0 saturated heterocycles. The van der Waals surface area contributed by atoms with Crippen LogP contribution < -0.4 is 4.74 Å². The molecule has 1 aromatic carbocycles. The highest BCUT2D eigenvalue weighted by molar-refractivity contribution is 6.30. The molecule has 66 valence electrons. The number of benzene rings is 1. The van der Waals surface area contributed by atoms with Gasteiger partial charge in [-0.3, -0.25) is 0 Å². The maximum Gasteiger partial charge on any atom is 1.00 e. The van der Waals surface area contributed by atoms with E-state index in [0.29, 0.717) is 5.15 Å². The largest absolute Gasteiger partial charge is 1.00 e. The van der Waals surface area contributed by atoms with E-state index in [1.165, 1.54) is 0 Å². The van der Waals surface area contributed by atoms with Crippen LogP contribution in [0.25, 0.3) is 10.9 Å². The minimum atomic E-state index is 0. The van der Waals surface area contributed by atoms with Gasteiger partial charge in [0.25, 0.3) is 0 Å². The summed E-state index contributed by atoms with van der Waals surface area (Å²) in [5, 5.41) is 1.44. The minimum Gasteiger partial charge on any atom is -0.496 e. The molecule has 3 heteroatoms. The number of pyridine rings is 1. The van der Waals surface area contributed by atoms with Crippen LogP contribution in [0.5, 0.6) is 5.75 Å². The molecule has 0 amide bonds. The fraction of sp³-hybridized carbons (Fsp3) is 0.100. The first-order chi connectivity index (χ1) is 6.31. The van der Waals surface area contributed by atoms with E-state index in [-0.39, 0.29) is 1.43 Å². The van der Waals surface area contributed by atoms with Crippen molar-refractivity contribution in [2.24, 2.45) is 0 Å². The average molecular weight is 195 g/mol. The maximum absolute atomic E-state index is 5.81. The van der Waals surface area contributed by atoms with E-state index in [0.717, 1.165) is 16.7 Å². The van der Waals surface area contributed by atoms with Crippen LogP contribution in [-0.4, -0.2) is 12.1 Å². The summed E-state index contributed by atoms with van der Waals surface area (Å²) in [6.07, 6.45) is 0. The molecule has 0 unspecified atom stereocenters. The van der Waals surface area contributed by atoms with Crippen LogP contribution in [-0.2, 0) is 0 Å². The van der Waals surface area contributed by atoms with Crippen LogP contribution >= 0.6 is 11.6 Å². The SMILES string of the molecule is COc1cc(Cl)nc2ccccc12.[H+]. The molecule has 0 fully saturated rings. The molecule has 2 aromatic rings. The molecule has 0 N–H and O–H groups in total. The van der Waals surface area contributed by atoms with Crippen LogP contribution in [0, 0.1) is 0 Å². The van der Waals surface area contributed by atoms with E-state index >= 15 is 0 Å². The van der Waals surface area contributed by atoms with E-state index in [1.807, 2.05) is 24.3 Å². The number of aromatic nitrogens is 1. The Balaban J connectivity index is 0.000000980. The zero-order chi connectivity index (χ0) is 9.26. The van der Waals surface area contributed by atoms with Gasteiger partial charge in [-0.1, -0.05) is 23.7 Å². The number of hydrogen-bond acceptors (Lipinski definition) is 2. The number of methoxy groups -OCH3 is 1. The summed E-state index contributed by atoms with van der Waals surface area (Å²) in [4.78, 5) is 4.17. The van der Waals surface area contributed by atoms with Gasteiger partial charge in [0.05, 0.1) is 12.6 Å². The molecule has 1 heterocycles. The summed E-state index contributed by atoms with van der Waals surface area (Å²) >= 11 is 5.81. The van der Waals surface area contributed by atoms with Gasteiger partial charge >= 0.3 is 1.43 Å². The molecule has 0 atom stereocenters. The van der Waals surface area contributed by atoms with Crippen molar-refractivity contribution in [1.82, 2.24) is 4.98 Å². The summed E-state index contributed by atoms with van der Waals surface area (Å²) in [6, 6.07) is 9.44. The van der Waals surface area contributed by atoms with E-state index < -0.39 is 0 Å². The quantitative estimate of drug-likeness (QED) is 0.651. The number of nitrogens with zero attached hydrogens (tertiary/aromatic N) is 1. The lowest BCUT2D eigenvalue weighted by molar-refractivity contribution is 0.419. The average Bonchev–Trinajstić information content (AvgIpc) is 2.16. The molecule has 1 aromatic heterocycles. The Kier molecular flexibility index (Phi) is 2.07. The summed E-state index contributed by atoms with van der Waals surface area (Å²) in [7, 11) is 1.62. The van der Waals surface area contributed by atoms with Crippen molar-refractivity contribution >= 4 is 22.5 Å². The zero-order valence-electron chi connectivity index (χ0n) is 8.12. The van der Waals surface area contributed by atoms with Crippen LogP contribution in [0.4, 0.5) is 0 Å². The third-order valence-electron chi connectivity index (χ3n) is 1.87. The Bertz CT molecular complexity index is 447. The van der Waals surface area contributed by atoms with E-state index in [9.17, 15) is 0 Å². The first kappa shape index (κ1) is 8.32. The predicted octanol–water partition coefficient (Wildman–Crippen LogP) is 3.01. The smallest absolute Gasteiger partial charge is 0.496 e. The van der Waals surface area contributed by atoms with Gasteiger partial charge < -0.3 is 4.74 Å². The van der Waals surface area contributed by atoms with E-state index in [2.05, 4.69) is 4.98 Å². The van der Waals surface area contributed by atoms with Gasteiger partial charge in [-0.15, -0.1) is 0 Å². The van der Waals surface area contributed by atoms with Gasteiger partial charge in [-0.2, -0.15) is 0 Å². The zero-order valence-corrected chi connectivity index (χ0v) is 7.88. The third kappa shape index (κ3) is 1.45. The van der Waals surface area contributed by atoms with Crippen LogP contribution in [0.3, 0.4) is 0 Å². The number of fused-ring (bicyclic) bond motifs is 1. The Morgan fingerprint density at radius 3 is 2.92 bits per heavy atom. The lowest BCUT2D eigenvalue weighted by Gasteiger charge is -2.04. The number of hydrogen-bond donors (Lipinski definition) is 0. The molecule has 0 aliphatic carbocycles. The molecule has 0 saturated carbocycles. The van der Waals surface area contributed by atoms with Gasteiger partial charge in [0.15, 0.2) is 0 Å². The molecule has 2 rings (SSSR count). The molecule has 13 heavy (non-hydrogen) atoms. The second-order valence-electron chi connectivity index (χ2n) is 2.66. The molecular weight excluding hydrogens is 186 g/mol. The Hall–Kier alpha value is -1.28. The minimum absolute atomic E-state index is 0. The number of ether oxygens (including phenoxy) is 1. The van der Waals surface area contributed by atoms with Crippen molar-refractivity contribution in [2.45, 2.75) is 0 Å². The first-order valence-corrected chi connectivity index (χ1v) is 4.28. The van der Waals surface area contributed by atoms with Gasteiger partial charge in [0.1, 0.15) is 10.9 Å². The van der Waals surface area contributed by atoms with Crippen LogP contribution in [0.2, 0.25) is 5.15 Å². The van der Waals surface area contributed by atoms with Gasteiger partial charge in [0.2, 0.25) is 0 Å². The molecular formula is C10H9ClNO+. The van der Waals surface area contributed by atoms with Crippen molar-refractivity contribution in [3.8, 4) is 5.75 Å². The highest BCUT2D eigenvalue weighted by Crippen LogP contribution is 2.26. The lowest BCUT2D eigenvalue weighted by Crippen LogP contribution is -1.87. The standard InChI is InChI=1S/C10H8ClNO/c1-13-9-6-10(11)12-8-5-3-2-4-7(8)9/h2-6H,1H3/p+1. The van der Waals surface area contributed by atoms with Gasteiger partial charge in [0, 0.05) is 11.5 Å². The van der Waals surface area contributed by atoms with Gasteiger partial charge in [-0.05, 0) is 12.1 Å². The Morgan fingerprint density at radius 2 is 2.15 bits per heavy atom. The second-order valence-corrected chi connectivity index (χ2v) is 3.05. The first-order valence-electron chi connectivity index (χ1n) is 3.90. The Morgan fingerprint density at radius 1 is 1.38 bits per heavy atom. The molecule has 0 aliphatic rings. The normalized spacial score (nSPS) is 10.3. The highest BCUT2D eigenvalue weighted by atomic mass is 35.5. The number of para-hydroxylation sites is 1. The monoisotopic (exact) mass is 194 g/mol. The van der Waals surface area contributed by atoms with Crippen molar-refractivity contribution < 1.29 is 6.16 Å². The fourth-order valence-corrected chi connectivity index (χ4v) is 1.47. The van der Waals surface area contributed by atoms with E-state index in [1.54, 1.807) is 13.2 Å². The van der Waals surface area contributed by atoms with Crippen molar-refractivity contribution in [1.29, 1.82) is 0 Å². The van der Waals surface area contributed by atoms with Gasteiger partial charge in [-0.25, -0.2) is 4.98 Å². The summed E-state index contributed by atoms with van der Waals surface area (Å²) in [5.74, 6) is 0.760. The summed E-state index contributed by atoms with van der Waals surface area (Å²) in [5.41, 5.74) is 0.854. The molecule has 0 bridgehead atoms. The number of halogens is 1. The molecule has 0 aliphatic heterocycles. The summed E-state index contributed by atoms with van der Waals surface area (Å²) in [6.45, 7) is 0.